The van der Waals surface area contributed by atoms with E-state index in [4.69, 9.17) is 0 Å². The fourth-order valence-electron chi connectivity index (χ4n) is 10.3. The molecule has 3 aliphatic rings. The molecule has 252 valence electrons. The van der Waals surface area contributed by atoms with Crippen LogP contribution in [-0.2, 0) is 17.3 Å². The molecular formula is C52H44. The largest absolute Gasteiger partial charge is 0.0789 e. The molecule has 0 heteroatoms. The Morgan fingerprint density at radius 2 is 1.25 bits per heavy atom. The van der Waals surface area contributed by atoms with Crippen molar-refractivity contribution >= 4 is 27.1 Å². The van der Waals surface area contributed by atoms with E-state index in [0.29, 0.717) is 5.92 Å². The number of hydrogen-bond donors (Lipinski definition) is 0. The minimum atomic E-state index is -0.180. The second kappa shape index (κ2) is 11.3. The lowest BCUT2D eigenvalue weighted by Crippen LogP contribution is -2.24. The van der Waals surface area contributed by atoms with Crippen molar-refractivity contribution in [2.24, 2.45) is 0 Å². The van der Waals surface area contributed by atoms with Gasteiger partial charge in [-0.2, -0.15) is 0 Å². The average Bonchev–Trinajstić information content (AvgIpc) is 3.56. The maximum Gasteiger partial charge on any atom is 0.0227 e. The summed E-state index contributed by atoms with van der Waals surface area (Å²) in [6, 6.07) is 50.7. The van der Waals surface area contributed by atoms with E-state index in [1.54, 1.807) is 0 Å². The highest BCUT2D eigenvalue weighted by molar-refractivity contribution is 6.03. The molecule has 2 unspecified atom stereocenters. The van der Waals surface area contributed by atoms with Gasteiger partial charge in [-0.3, -0.25) is 0 Å². The molecule has 0 fully saturated rings. The molecule has 0 aromatic heterocycles. The minimum Gasteiger partial charge on any atom is -0.0789 e. The quantitative estimate of drug-likeness (QED) is 0.175. The molecule has 0 saturated carbocycles. The molecule has 0 nitrogen and oxygen atoms in total. The van der Waals surface area contributed by atoms with Crippen molar-refractivity contribution in [3.8, 4) is 22.3 Å². The summed E-state index contributed by atoms with van der Waals surface area (Å²) in [5, 5.41) is 5.38. The Morgan fingerprint density at radius 1 is 0.577 bits per heavy atom. The topological polar surface area (TPSA) is 0 Å². The smallest absolute Gasteiger partial charge is 0.0227 e. The fourth-order valence-corrected chi connectivity index (χ4v) is 10.3. The zero-order chi connectivity index (χ0) is 35.4. The van der Waals surface area contributed by atoms with E-state index in [0.717, 1.165) is 12.8 Å². The zero-order valence-electron chi connectivity index (χ0n) is 30.8. The summed E-state index contributed by atoms with van der Waals surface area (Å²) in [5.74, 6) is 0.322. The molecule has 0 aliphatic heterocycles. The van der Waals surface area contributed by atoms with E-state index in [-0.39, 0.29) is 10.8 Å². The number of fused-ring (bicyclic) bond motifs is 8. The molecule has 7 aromatic rings. The minimum absolute atomic E-state index is 0.0373. The predicted molar refractivity (Wildman–Crippen MR) is 221 cm³/mol. The van der Waals surface area contributed by atoms with Crippen LogP contribution in [0.25, 0.3) is 49.4 Å². The van der Waals surface area contributed by atoms with Crippen molar-refractivity contribution in [2.75, 3.05) is 0 Å². The molecule has 0 saturated heterocycles. The van der Waals surface area contributed by atoms with Crippen LogP contribution in [0.2, 0.25) is 0 Å². The second-order valence-electron chi connectivity index (χ2n) is 16.3. The van der Waals surface area contributed by atoms with Crippen LogP contribution in [-0.4, -0.2) is 0 Å². The molecule has 0 bridgehead atoms. The second-order valence-corrected chi connectivity index (χ2v) is 16.3. The van der Waals surface area contributed by atoms with Gasteiger partial charge in [-0.1, -0.05) is 172 Å². The van der Waals surface area contributed by atoms with Gasteiger partial charge < -0.3 is 0 Å². The summed E-state index contributed by atoms with van der Waals surface area (Å²) in [5.41, 5.74) is 19.5. The highest BCUT2D eigenvalue weighted by Gasteiger charge is 2.42. The Balaban J connectivity index is 1.13. The first-order valence-corrected chi connectivity index (χ1v) is 19.0. The Morgan fingerprint density at radius 3 is 2.10 bits per heavy atom. The van der Waals surface area contributed by atoms with Crippen LogP contribution in [0.3, 0.4) is 0 Å². The summed E-state index contributed by atoms with van der Waals surface area (Å²) < 4.78 is 0. The van der Waals surface area contributed by atoms with Crippen molar-refractivity contribution in [2.45, 2.75) is 64.2 Å². The standard InChI is InChI=1S/C52H44/c1-32-24-26-38-34(28-32)14-12-19-40(38)42-20-13-23-49-50(42)43-18-9-11-22-48(43)52(49,5)31-36-30-44(39-16-7-6-15-37(39)33(36)2)35-25-27-47-45(29-35)41-17-8-10-21-46(41)51(47,3)4/h6-24,26-30,35H,25,31H2,1-5H3. The third-order valence-electron chi connectivity index (χ3n) is 13.0. The van der Waals surface area contributed by atoms with Gasteiger partial charge in [0.15, 0.2) is 0 Å². The maximum atomic E-state index is 2.60. The first kappa shape index (κ1) is 31.3. The van der Waals surface area contributed by atoms with Gasteiger partial charge in [0.25, 0.3) is 0 Å². The number of aryl methyl sites for hydroxylation is 2. The SMILES string of the molecule is Cc1ccc2c(-c3cccc4c3-c3ccccc3C4(C)Cc3cc(C4C=C5C(=CC4)C(C)(C)c4ccccc45)c4ccccc4c3C)cccc2c1. The Bertz CT molecular complexity index is 2690. The van der Waals surface area contributed by atoms with Crippen LogP contribution in [0, 0.1) is 13.8 Å². The molecule has 10 rings (SSSR count). The zero-order valence-corrected chi connectivity index (χ0v) is 30.8. The van der Waals surface area contributed by atoms with E-state index in [1.165, 1.54) is 99.5 Å². The summed E-state index contributed by atoms with van der Waals surface area (Å²) in [6.45, 7) is 11.8. The van der Waals surface area contributed by atoms with Crippen molar-refractivity contribution in [1.82, 2.24) is 0 Å². The van der Waals surface area contributed by atoms with Crippen LogP contribution in [0.15, 0.2) is 151 Å². The van der Waals surface area contributed by atoms with Crippen molar-refractivity contribution in [3.05, 3.63) is 196 Å². The van der Waals surface area contributed by atoms with E-state index >= 15 is 0 Å². The molecule has 0 heterocycles. The van der Waals surface area contributed by atoms with Gasteiger partial charge in [-0.15, -0.1) is 0 Å². The molecule has 0 amide bonds. The van der Waals surface area contributed by atoms with Crippen LogP contribution >= 0.6 is 0 Å². The lowest BCUT2D eigenvalue weighted by Gasteiger charge is -2.31. The fraction of sp³-hybridized carbons (Fsp3) is 0.192. The van der Waals surface area contributed by atoms with E-state index in [1.807, 2.05) is 0 Å². The van der Waals surface area contributed by atoms with Gasteiger partial charge in [0.1, 0.15) is 0 Å². The monoisotopic (exact) mass is 668 g/mol. The van der Waals surface area contributed by atoms with Crippen LogP contribution in [0.1, 0.15) is 77.6 Å². The molecule has 52 heavy (non-hydrogen) atoms. The lowest BCUT2D eigenvalue weighted by atomic mass is 9.72. The summed E-state index contributed by atoms with van der Waals surface area (Å²) >= 11 is 0. The van der Waals surface area contributed by atoms with Crippen LogP contribution < -0.4 is 0 Å². The van der Waals surface area contributed by atoms with Gasteiger partial charge in [-0.25, -0.2) is 0 Å². The summed E-state index contributed by atoms with van der Waals surface area (Å²) in [4.78, 5) is 0. The van der Waals surface area contributed by atoms with Gasteiger partial charge >= 0.3 is 0 Å². The first-order valence-electron chi connectivity index (χ1n) is 19.0. The van der Waals surface area contributed by atoms with E-state index in [2.05, 4.69) is 180 Å². The molecule has 7 aromatic carbocycles. The Hall–Kier alpha value is -5.46. The normalized spacial score (nSPS) is 19.5. The Kier molecular flexibility index (Phi) is 6.78. The number of rotatable bonds is 4. The van der Waals surface area contributed by atoms with Gasteiger partial charge in [0, 0.05) is 16.7 Å². The molecule has 0 spiro atoms. The molecule has 2 atom stereocenters. The number of hydrogen-bond acceptors (Lipinski definition) is 0. The highest BCUT2D eigenvalue weighted by atomic mass is 14.4. The number of allylic oxidation sites excluding steroid dienone is 4. The first-order chi connectivity index (χ1) is 25.2. The predicted octanol–water partition coefficient (Wildman–Crippen LogP) is 13.6. The third-order valence-corrected chi connectivity index (χ3v) is 13.0. The average molecular weight is 669 g/mol. The molecule has 3 aliphatic carbocycles. The van der Waals surface area contributed by atoms with E-state index in [9.17, 15) is 0 Å². The molecule has 0 N–H and O–H groups in total. The molecular weight excluding hydrogens is 625 g/mol. The van der Waals surface area contributed by atoms with Gasteiger partial charge in [-0.05, 0) is 121 Å². The van der Waals surface area contributed by atoms with Crippen molar-refractivity contribution < 1.29 is 0 Å². The third kappa shape index (κ3) is 4.40. The highest BCUT2D eigenvalue weighted by Crippen LogP contribution is 2.56. The Labute approximate surface area is 308 Å². The van der Waals surface area contributed by atoms with E-state index < -0.39 is 0 Å². The summed E-state index contributed by atoms with van der Waals surface area (Å²) in [7, 11) is 0. The van der Waals surface area contributed by atoms with Crippen LogP contribution in [0.5, 0.6) is 0 Å². The number of benzene rings is 7. The van der Waals surface area contributed by atoms with Crippen LogP contribution in [0.4, 0.5) is 0 Å². The van der Waals surface area contributed by atoms with Gasteiger partial charge in [0.2, 0.25) is 0 Å². The summed E-state index contributed by atoms with van der Waals surface area (Å²) in [6.07, 6.45) is 7.12. The van der Waals surface area contributed by atoms with Gasteiger partial charge in [0.05, 0.1) is 0 Å². The molecule has 0 radical (unpaired) electrons. The van der Waals surface area contributed by atoms with Crippen molar-refractivity contribution in [1.29, 1.82) is 0 Å². The van der Waals surface area contributed by atoms with Crippen molar-refractivity contribution in [3.63, 3.8) is 0 Å². The lowest BCUT2D eigenvalue weighted by molar-refractivity contribution is 0.581. The maximum absolute atomic E-state index is 2.60.